The highest BCUT2D eigenvalue weighted by Crippen LogP contribution is 2.10. The number of ether oxygens (including phenoxy) is 3. The summed E-state index contributed by atoms with van der Waals surface area (Å²) in [5, 5.41) is 0. The first kappa shape index (κ1) is 58.3. The summed E-state index contributed by atoms with van der Waals surface area (Å²) in [6.45, 7) is 6.16. The van der Waals surface area contributed by atoms with Crippen LogP contribution >= 0.6 is 0 Å². The van der Waals surface area contributed by atoms with Crippen LogP contribution in [0, 0.1) is 0 Å². The molecule has 0 aliphatic rings. The summed E-state index contributed by atoms with van der Waals surface area (Å²) in [6.07, 6.45) is 71.6. The molecule has 0 spiro atoms. The molecule has 0 aliphatic carbocycles. The van der Waals surface area contributed by atoms with E-state index in [9.17, 15) is 14.4 Å². The van der Waals surface area contributed by atoms with Crippen LogP contribution in [0.3, 0.4) is 0 Å². The van der Waals surface area contributed by atoms with Crippen molar-refractivity contribution >= 4 is 17.9 Å². The fourth-order valence-electron chi connectivity index (χ4n) is 5.79. The number of hydrogen-bond acceptors (Lipinski definition) is 6. The van der Waals surface area contributed by atoms with Crippen molar-refractivity contribution in [2.24, 2.45) is 0 Å². The molecule has 1 atom stereocenters. The molecule has 0 fully saturated rings. The van der Waals surface area contributed by atoms with Crippen molar-refractivity contribution in [3.8, 4) is 0 Å². The molecule has 6 heteroatoms. The van der Waals surface area contributed by atoms with Crippen LogP contribution in [-0.4, -0.2) is 37.2 Å². The molecule has 0 aromatic carbocycles. The van der Waals surface area contributed by atoms with Gasteiger partial charge in [-0.05, 0) is 103 Å². The molecule has 0 N–H and O–H groups in total. The number of rotatable bonds is 41. The molecule has 0 saturated heterocycles. The summed E-state index contributed by atoms with van der Waals surface area (Å²) in [6, 6.07) is 0. The molecule has 0 aromatic heterocycles. The van der Waals surface area contributed by atoms with Crippen LogP contribution in [0.2, 0.25) is 0 Å². The number of carbonyl (C=O) groups excluding carboxylic acids is 3. The van der Waals surface area contributed by atoms with Crippen molar-refractivity contribution in [1.29, 1.82) is 0 Å². The third-order valence-corrected chi connectivity index (χ3v) is 9.37. The van der Waals surface area contributed by atoms with Crippen LogP contribution < -0.4 is 0 Å². The molecule has 0 bridgehead atoms. The molecule has 1 unspecified atom stereocenters. The fourth-order valence-corrected chi connectivity index (χ4v) is 5.79. The maximum absolute atomic E-state index is 12.7. The van der Waals surface area contributed by atoms with E-state index in [0.29, 0.717) is 19.3 Å². The Morgan fingerprint density at radius 3 is 1.11 bits per heavy atom. The summed E-state index contributed by atoms with van der Waals surface area (Å²) in [5.41, 5.74) is 0. The minimum Gasteiger partial charge on any atom is -0.462 e. The maximum Gasteiger partial charge on any atom is 0.310 e. The van der Waals surface area contributed by atoms with Gasteiger partial charge in [-0.25, -0.2) is 0 Å². The predicted octanol–water partition coefficient (Wildman–Crippen LogP) is 16.1. The lowest BCUT2D eigenvalue weighted by Gasteiger charge is -2.17. The molecular formula is C57H86O6. The van der Waals surface area contributed by atoms with Gasteiger partial charge >= 0.3 is 17.9 Å². The average molecular weight is 867 g/mol. The van der Waals surface area contributed by atoms with E-state index >= 15 is 0 Å². The lowest BCUT2D eigenvalue weighted by atomic mass is 10.1. The van der Waals surface area contributed by atoms with Gasteiger partial charge < -0.3 is 14.2 Å². The van der Waals surface area contributed by atoms with Gasteiger partial charge in [0.15, 0.2) is 6.10 Å². The second-order valence-electron chi connectivity index (χ2n) is 15.3. The van der Waals surface area contributed by atoms with Gasteiger partial charge in [0.25, 0.3) is 0 Å². The number of esters is 3. The number of unbranched alkanes of at least 4 members (excludes halogenated alkanes) is 8. The van der Waals surface area contributed by atoms with Gasteiger partial charge in [0, 0.05) is 6.42 Å². The quantitative estimate of drug-likeness (QED) is 0.0264. The van der Waals surface area contributed by atoms with Gasteiger partial charge in [-0.3, -0.25) is 14.4 Å². The zero-order valence-corrected chi connectivity index (χ0v) is 39.8. The SMILES string of the molecule is CC/C=C\C/C=C\C/C=C\C/C=C\C/C=C\CC(=O)OCC(COC(=O)CCCCCCC/C=C\C/C=C\CCCCC)OC(=O)C/C=C\C/C=C\C/C=C\C/C=C\C/C=C\CC. The second kappa shape index (κ2) is 49.9. The van der Waals surface area contributed by atoms with Gasteiger partial charge in [0.05, 0.1) is 12.8 Å². The molecule has 0 heterocycles. The highest BCUT2D eigenvalue weighted by atomic mass is 16.6. The van der Waals surface area contributed by atoms with E-state index in [1.807, 2.05) is 12.2 Å². The fraction of sp³-hybridized carbons (Fsp3) is 0.526. The van der Waals surface area contributed by atoms with Crippen molar-refractivity contribution in [3.63, 3.8) is 0 Å². The Kier molecular flexibility index (Phi) is 46.2. The molecule has 0 amide bonds. The number of carbonyl (C=O) groups is 3. The largest absolute Gasteiger partial charge is 0.462 e. The first-order valence-corrected chi connectivity index (χ1v) is 24.3. The van der Waals surface area contributed by atoms with E-state index in [0.717, 1.165) is 96.3 Å². The van der Waals surface area contributed by atoms with E-state index < -0.39 is 18.0 Å². The smallest absolute Gasteiger partial charge is 0.310 e. The third kappa shape index (κ3) is 48.2. The topological polar surface area (TPSA) is 78.9 Å². The normalized spacial score (nSPS) is 13.4. The van der Waals surface area contributed by atoms with Crippen LogP contribution in [0.25, 0.3) is 0 Å². The lowest BCUT2D eigenvalue weighted by Crippen LogP contribution is -2.30. The molecular weight excluding hydrogens is 781 g/mol. The number of allylic oxidation sites excluding steroid dienone is 22. The second-order valence-corrected chi connectivity index (χ2v) is 15.3. The Morgan fingerprint density at radius 1 is 0.349 bits per heavy atom. The van der Waals surface area contributed by atoms with Crippen molar-refractivity contribution < 1.29 is 28.6 Å². The first-order valence-electron chi connectivity index (χ1n) is 24.3. The molecule has 63 heavy (non-hydrogen) atoms. The van der Waals surface area contributed by atoms with Crippen LogP contribution in [0.15, 0.2) is 146 Å². The average Bonchev–Trinajstić information content (AvgIpc) is 3.28. The van der Waals surface area contributed by atoms with Crippen molar-refractivity contribution in [2.45, 2.75) is 181 Å². The highest BCUT2D eigenvalue weighted by molar-refractivity contribution is 5.72. The van der Waals surface area contributed by atoms with Crippen molar-refractivity contribution in [1.82, 2.24) is 0 Å². The Labute approximate surface area is 385 Å². The van der Waals surface area contributed by atoms with Crippen LogP contribution in [-0.2, 0) is 28.6 Å². The first-order chi connectivity index (χ1) is 31.0. The third-order valence-electron chi connectivity index (χ3n) is 9.37. The molecule has 350 valence electrons. The van der Waals surface area contributed by atoms with Crippen molar-refractivity contribution in [3.05, 3.63) is 146 Å². The lowest BCUT2D eigenvalue weighted by molar-refractivity contribution is -0.166. The molecule has 6 nitrogen and oxygen atoms in total. The van der Waals surface area contributed by atoms with E-state index in [1.165, 1.54) is 25.7 Å². The van der Waals surface area contributed by atoms with Crippen molar-refractivity contribution in [2.75, 3.05) is 13.2 Å². The maximum atomic E-state index is 12.7. The molecule has 0 radical (unpaired) electrons. The Morgan fingerprint density at radius 2 is 0.683 bits per heavy atom. The van der Waals surface area contributed by atoms with Gasteiger partial charge in [-0.2, -0.15) is 0 Å². The molecule has 0 rings (SSSR count). The molecule has 0 aliphatic heterocycles. The summed E-state index contributed by atoms with van der Waals surface area (Å²) < 4.78 is 16.5. The van der Waals surface area contributed by atoms with E-state index in [1.54, 1.807) is 12.2 Å². The van der Waals surface area contributed by atoms with E-state index in [2.05, 4.69) is 142 Å². The molecule has 0 saturated carbocycles. The van der Waals surface area contributed by atoms with Crippen LogP contribution in [0.5, 0.6) is 0 Å². The summed E-state index contributed by atoms with van der Waals surface area (Å²) in [4.78, 5) is 37.8. The van der Waals surface area contributed by atoms with Gasteiger partial charge in [0.2, 0.25) is 0 Å². The van der Waals surface area contributed by atoms with Gasteiger partial charge in [-0.15, -0.1) is 0 Å². The Balaban J connectivity index is 4.70. The zero-order valence-electron chi connectivity index (χ0n) is 39.8. The zero-order chi connectivity index (χ0) is 45.8. The Bertz CT molecular complexity index is 1460. The Hall–Kier alpha value is -4.71. The monoisotopic (exact) mass is 867 g/mol. The summed E-state index contributed by atoms with van der Waals surface area (Å²) >= 11 is 0. The minimum absolute atomic E-state index is 0.0674. The van der Waals surface area contributed by atoms with E-state index in [-0.39, 0.29) is 32.0 Å². The number of hydrogen-bond donors (Lipinski definition) is 0. The van der Waals surface area contributed by atoms with Crippen LogP contribution in [0.1, 0.15) is 175 Å². The standard InChI is InChI=1S/C57H86O6/c1-4-7-10-13-16-19-22-25-28-31-34-37-40-43-46-49-55(58)61-52-54(63-57(60)51-48-45-42-39-36-33-30-27-24-21-18-15-12-9-6-3)53-62-56(59)50-47-44-41-38-35-32-29-26-23-20-17-14-11-8-5-2/h7,9-10,12,16-21,25-30,34,36-37,39,43,45-46,48,54H,4-6,8,11,13-15,22-24,31-33,35,38,40-42,44,47,49-53H2,1-3H3/b10-7-,12-9-,19-16-,20-17-,21-18-,28-25-,29-26-,30-27-,37-34-,39-36-,46-43-,48-45-. The van der Waals surface area contributed by atoms with Gasteiger partial charge in [-0.1, -0.05) is 199 Å². The summed E-state index contributed by atoms with van der Waals surface area (Å²) in [7, 11) is 0. The summed E-state index contributed by atoms with van der Waals surface area (Å²) in [5.74, 6) is -1.25. The van der Waals surface area contributed by atoms with E-state index in [4.69, 9.17) is 14.2 Å². The highest BCUT2D eigenvalue weighted by Gasteiger charge is 2.19. The van der Waals surface area contributed by atoms with Crippen LogP contribution in [0.4, 0.5) is 0 Å². The molecule has 0 aromatic rings. The predicted molar refractivity (Wildman–Crippen MR) is 269 cm³/mol. The van der Waals surface area contributed by atoms with Gasteiger partial charge in [0.1, 0.15) is 13.2 Å². The minimum atomic E-state index is -0.883.